The summed E-state index contributed by atoms with van der Waals surface area (Å²) in [6.07, 6.45) is 0. The summed E-state index contributed by atoms with van der Waals surface area (Å²) < 4.78 is 30.4. The van der Waals surface area contributed by atoms with Gasteiger partial charge in [-0.25, -0.2) is 4.39 Å². The number of nitriles is 1. The van der Waals surface area contributed by atoms with Crippen LogP contribution in [0.2, 0.25) is 0 Å². The van der Waals surface area contributed by atoms with E-state index in [0.717, 1.165) is 6.07 Å². The molecule has 0 aliphatic heterocycles. The highest BCUT2D eigenvalue weighted by molar-refractivity contribution is 5.44. The van der Waals surface area contributed by atoms with E-state index in [0.29, 0.717) is 0 Å². The van der Waals surface area contributed by atoms with E-state index in [4.69, 9.17) is 10.00 Å². The fourth-order valence-electron chi connectivity index (χ4n) is 0.906. The number of hydrogen-bond acceptors (Lipinski definition) is 2. The van der Waals surface area contributed by atoms with E-state index in [1.165, 1.54) is 6.07 Å². The summed E-state index contributed by atoms with van der Waals surface area (Å²) in [7, 11) is 0. The molecule has 0 amide bonds. The van der Waals surface area contributed by atoms with Crippen LogP contribution >= 0.6 is 0 Å². The first-order valence-electron chi connectivity index (χ1n) is 3.71. The molecule has 0 unspecified atom stereocenters. The van der Waals surface area contributed by atoms with Crippen molar-refractivity contribution in [2.24, 2.45) is 0 Å². The molecule has 0 fully saturated rings. The Morgan fingerprint density at radius 1 is 1.46 bits per heavy atom. The van der Waals surface area contributed by atoms with Crippen molar-refractivity contribution >= 4 is 0 Å². The highest BCUT2D eigenvalue weighted by Crippen LogP contribution is 2.24. The number of nitrogens with zero attached hydrogens (tertiary/aromatic N) is 1. The van der Waals surface area contributed by atoms with Crippen molar-refractivity contribution in [1.82, 2.24) is 0 Å². The fraction of sp³-hybridized carbons (Fsp3) is 0.222. The van der Waals surface area contributed by atoms with Gasteiger partial charge in [0.2, 0.25) is 5.82 Å². The van der Waals surface area contributed by atoms with Crippen LogP contribution in [0.15, 0.2) is 12.1 Å². The van der Waals surface area contributed by atoms with E-state index >= 15 is 0 Å². The lowest BCUT2D eigenvalue weighted by molar-refractivity contribution is 0.313. The Bertz CT molecular complexity index is 357. The Balaban J connectivity index is 3.26. The molecule has 0 spiro atoms. The maximum absolute atomic E-state index is 13.0. The molecular formula is C9H7F2NO. The average molecular weight is 183 g/mol. The van der Waals surface area contributed by atoms with Gasteiger partial charge >= 0.3 is 0 Å². The third-order valence-electron chi connectivity index (χ3n) is 1.46. The van der Waals surface area contributed by atoms with E-state index in [-0.39, 0.29) is 17.9 Å². The zero-order chi connectivity index (χ0) is 9.84. The first-order valence-corrected chi connectivity index (χ1v) is 3.71. The average Bonchev–Trinajstić information content (AvgIpc) is 2.14. The normalized spacial score (nSPS) is 9.38. The zero-order valence-electron chi connectivity index (χ0n) is 6.97. The van der Waals surface area contributed by atoms with Crippen LogP contribution < -0.4 is 4.74 Å². The van der Waals surface area contributed by atoms with Crippen molar-refractivity contribution in [2.75, 3.05) is 6.61 Å². The van der Waals surface area contributed by atoms with Crippen LogP contribution in [0.5, 0.6) is 5.75 Å². The van der Waals surface area contributed by atoms with Crippen LogP contribution in [0.4, 0.5) is 8.78 Å². The second kappa shape index (κ2) is 3.85. The molecule has 2 nitrogen and oxygen atoms in total. The van der Waals surface area contributed by atoms with Gasteiger partial charge in [-0.2, -0.15) is 9.65 Å². The van der Waals surface area contributed by atoms with Crippen LogP contribution in [-0.2, 0) is 0 Å². The summed E-state index contributed by atoms with van der Waals surface area (Å²) in [5, 5.41) is 8.54. The molecule has 0 heterocycles. The maximum Gasteiger partial charge on any atom is 0.201 e. The molecule has 0 N–H and O–H groups in total. The molecule has 1 rings (SSSR count). The quantitative estimate of drug-likeness (QED) is 0.704. The predicted octanol–water partition coefficient (Wildman–Crippen LogP) is 2.24. The molecule has 0 aliphatic rings. The minimum absolute atomic E-state index is 0.000694. The Morgan fingerprint density at radius 3 is 2.69 bits per heavy atom. The second-order valence-electron chi connectivity index (χ2n) is 2.28. The van der Waals surface area contributed by atoms with E-state index in [2.05, 4.69) is 0 Å². The minimum Gasteiger partial charge on any atom is -0.489 e. The summed E-state index contributed by atoms with van der Waals surface area (Å²) in [5.41, 5.74) is 0.000694. The van der Waals surface area contributed by atoms with Crippen LogP contribution in [0.25, 0.3) is 0 Å². The molecule has 0 aromatic heterocycles. The van der Waals surface area contributed by atoms with Crippen molar-refractivity contribution in [3.05, 3.63) is 29.3 Å². The van der Waals surface area contributed by atoms with Crippen LogP contribution in [-0.4, -0.2) is 6.61 Å². The molecular weight excluding hydrogens is 176 g/mol. The Labute approximate surface area is 74.4 Å². The molecule has 13 heavy (non-hydrogen) atoms. The van der Waals surface area contributed by atoms with Gasteiger partial charge in [-0.3, -0.25) is 0 Å². The highest BCUT2D eigenvalue weighted by atomic mass is 19.2. The van der Waals surface area contributed by atoms with Gasteiger partial charge in [0.25, 0.3) is 0 Å². The number of rotatable bonds is 2. The van der Waals surface area contributed by atoms with Crippen LogP contribution in [0, 0.1) is 23.0 Å². The molecule has 0 saturated heterocycles. The van der Waals surface area contributed by atoms with Crippen molar-refractivity contribution in [3.63, 3.8) is 0 Å². The molecule has 0 radical (unpaired) electrons. The van der Waals surface area contributed by atoms with Gasteiger partial charge in [-0.15, -0.1) is 0 Å². The SMILES string of the molecule is CCOc1c(C#N)ccc(F)c1F. The molecule has 1 aromatic rings. The summed E-state index contributed by atoms with van der Waals surface area (Å²) >= 11 is 0. The van der Waals surface area contributed by atoms with Crippen molar-refractivity contribution in [3.8, 4) is 11.8 Å². The zero-order valence-corrected chi connectivity index (χ0v) is 6.97. The first-order chi connectivity index (χ1) is 6.20. The second-order valence-corrected chi connectivity index (χ2v) is 2.28. The monoisotopic (exact) mass is 183 g/mol. The standard InChI is InChI=1S/C9H7F2NO/c1-2-13-9-6(5-12)3-4-7(10)8(9)11/h3-4H,2H2,1H3. The van der Waals surface area contributed by atoms with Crippen molar-refractivity contribution in [2.45, 2.75) is 6.92 Å². The van der Waals surface area contributed by atoms with E-state index in [1.807, 2.05) is 0 Å². The van der Waals surface area contributed by atoms with Gasteiger partial charge in [-0.1, -0.05) is 0 Å². The largest absolute Gasteiger partial charge is 0.489 e. The van der Waals surface area contributed by atoms with E-state index in [9.17, 15) is 8.78 Å². The molecule has 0 saturated carbocycles. The highest BCUT2D eigenvalue weighted by Gasteiger charge is 2.13. The van der Waals surface area contributed by atoms with Gasteiger partial charge in [0.15, 0.2) is 11.6 Å². The summed E-state index contributed by atoms with van der Waals surface area (Å²) in [5.74, 6) is -2.44. The van der Waals surface area contributed by atoms with Gasteiger partial charge < -0.3 is 4.74 Å². The minimum atomic E-state index is -1.11. The Morgan fingerprint density at radius 2 is 2.15 bits per heavy atom. The predicted molar refractivity (Wildman–Crippen MR) is 42.2 cm³/mol. The number of hydrogen-bond donors (Lipinski definition) is 0. The van der Waals surface area contributed by atoms with Crippen molar-refractivity contribution in [1.29, 1.82) is 5.26 Å². The lowest BCUT2D eigenvalue weighted by Crippen LogP contribution is -1.99. The van der Waals surface area contributed by atoms with Gasteiger partial charge in [0.05, 0.1) is 12.2 Å². The maximum atomic E-state index is 13.0. The van der Waals surface area contributed by atoms with Gasteiger partial charge in [-0.05, 0) is 19.1 Å². The summed E-state index contributed by atoms with van der Waals surface area (Å²) in [4.78, 5) is 0. The molecule has 0 atom stereocenters. The number of benzene rings is 1. The third kappa shape index (κ3) is 1.75. The topological polar surface area (TPSA) is 33.0 Å². The molecule has 1 aromatic carbocycles. The molecule has 0 bridgehead atoms. The molecule has 0 aliphatic carbocycles. The number of ether oxygens (including phenoxy) is 1. The van der Waals surface area contributed by atoms with E-state index in [1.54, 1.807) is 13.0 Å². The summed E-state index contributed by atoms with van der Waals surface area (Å²) in [6.45, 7) is 1.82. The van der Waals surface area contributed by atoms with Crippen molar-refractivity contribution < 1.29 is 13.5 Å². The summed E-state index contributed by atoms with van der Waals surface area (Å²) in [6, 6.07) is 3.80. The van der Waals surface area contributed by atoms with E-state index < -0.39 is 11.6 Å². The smallest absolute Gasteiger partial charge is 0.201 e. The Kier molecular flexibility index (Phi) is 2.80. The molecule has 68 valence electrons. The van der Waals surface area contributed by atoms with Crippen LogP contribution in [0.3, 0.4) is 0 Å². The third-order valence-corrected chi connectivity index (χ3v) is 1.46. The Hall–Kier alpha value is -1.63. The lowest BCUT2D eigenvalue weighted by Gasteiger charge is -2.06. The van der Waals surface area contributed by atoms with Crippen LogP contribution in [0.1, 0.15) is 12.5 Å². The van der Waals surface area contributed by atoms with Gasteiger partial charge in [0.1, 0.15) is 6.07 Å². The fourth-order valence-corrected chi connectivity index (χ4v) is 0.906. The lowest BCUT2D eigenvalue weighted by atomic mass is 10.2. The first kappa shape index (κ1) is 9.46. The number of halogens is 2. The van der Waals surface area contributed by atoms with Gasteiger partial charge in [0, 0.05) is 0 Å². The molecule has 4 heteroatoms.